The molecule has 0 aliphatic rings. The maximum atomic E-state index is 12.0. The number of rotatable bonds is 5. The van der Waals surface area contributed by atoms with Crippen LogP contribution in [0.1, 0.15) is 10.4 Å². The number of sulfonamides is 1. The second-order valence-electron chi connectivity index (χ2n) is 3.83. The fraction of sp³-hybridized carbons (Fsp3) is 0.167. The molecule has 2 aromatic rings. The minimum absolute atomic E-state index is 0.146. The molecule has 0 spiro atoms. The van der Waals surface area contributed by atoms with Crippen molar-refractivity contribution in [1.29, 1.82) is 0 Å². The Hall–Kier alpha value is -0.730. The first kappa shape index (κ1) is 14.7. The van der Waals surface area contributed by atoms with E-state index in [1.54, 1.807) is 6.07 Å². The Morgan fingerprint density at radius 3 is 2.42 bits per heavy atom. The van der Waals surface area contributed by atoms with Crippen molar-refractivity contribution in [3.8, 4) is 0 Å². The van der Waals surface area contributed by atoms with Crippen molar-refractivity contribution in [1.82, 2.24) is 4.72 Å². The third-order valence-corrected chi connectivity index (χ3v) is 5.93. The molecule has 2 rings (SSSR count). The van der Waals surface area contributed by atoms with Crippen LogP contribution in [-0.4, -0.2) is 13.5 Å². The number of aliphatic hydroxyl groups is 1. The lowest BCUT2D eigenvalue weighted by Gasteiger charge is -2.05. The highest BCUT2D eigenvalue weighted by Gasteiger charge is 2.16. The number of aliphatic hydroxyl groups excluding tert-OH is 1. The van der Waals surface area contributed by atoms with E-state index in [0.29, 0.717) is 4.88 Å². The SMILES string of the molecule is O=S(=O)(NCc1ccc(Br)cc1)c1ccc(CO)s1. The van der Waals surface area contributed by atoms with Gasteiger partial charge in [-0.15, -0.1) is 11.3 Å². The number of hydrogen-bond donors (Lipinski definition) is 2. The van der Waals surface area contributed by atoms with Gasteiger partial charge in [-0.25, -0.2) is 13.1 Å². The monoisotopic (exact) mass is 361 g/mol. The van der Waals surface area contributed by atoms with Crippen molar-refractivity contribution >= 4 is 37.3 Å². The number of halogens is 1. The van der Waals surface area contributed by atoms with Crippen molar-refractivity contribution in [2.45, 2.75) is 17.4 Å². The summed E-state index contributed by atoms with van der Waals surface area (Å²) >= 11 is 4.39. The van der Waals surface area contributed by atoms with Crippen molar-refractivity contribution in [2.24, 2.45) is 0 Å². The van der Waals surface area contributed by atoms with Crippen LogP contribution in [0.2, 0.25) is 0 Å². The van der Waals surface area contributed by atoms with Crippen LogP contribution in [0.15, 0.2) is 45.1 Å². The maximum absolute atomic E-state index is 12.0. The Labute approximate surface area is 124 Å². The van der Waals surface area contributed by atoms with E-state index in [1.165, 1.54) is 6.07 Å². The van der Waals surface area contributed by atoms with Crippen LogP contribution in [0.25, 0.3) is 0 Å². The van der Waals surface area contributed by atoms with Gasteiger partial charge in [-0.05, 0) is 29.8 Å². The molecule has 0 radical (unpaired) electrons. The molecule has 0 bridgehead atoms. The first-order valence-corrected chi connectivity index (χ1v) is 8.54. The second-order valence-corrected chi connectivity index (χ2v) is 7.91. The van der Waals surface area contributed by atoms with Gasteiger partial charge in [-0.1, -0.05) is 28.1 Å². The smallest absolute Gasteiger partial charge is 0.250 e. The zero-order valence-electron chi connectivity index (χ0n) is 9.84. The molecule has 0 atom stereocenters. The van der Waals surface area contributed by atoms with Crippen LogP contribution < -0.4 is 4.72 Å². The highest BCUT2D eigenvalue weighted by atomic mass is 79.9. The number of thiophene rings is 1. The summed E-state index contributed by atoms with van der Waals surface area (Å²) in [5.74, 6) is 0. The van der Waals surface area contributed by atoms with Gasteiger partial charge in [0.15, 0.2) is 0 Å². The van der Waals surface area contributed by atoms with E-state index in [1.807, 2.05) is 24.3 Å². The van der Waals surface area contributed by atoms with Gasteiger partial charge in [-0.3, -0.25) is 0 Å². The van der Waals surface area contributed by atoms with Gasteiger partial charge >= 0.3 is 0 Å². The van der Waals surface area contributed by atoms with Crippen LogP contribution in [-0.2, 0) is 23.2 Å². The standard InChI is InChI=1S/C12H12BrNO3S2/c13-10-3-1-9(2-4-10)7-14-19(16,17)12-6-5-11(8-15)18-12/h1-6,14-15H,7-8H2. The second kappa shape index (κ2) is 6.15. The molecular formula is C12H12BrNO3S2. The Morgan fingerprint density at radius 1 is 1.16 bits per heavy atom. The van der Waals surface area contributed by atoms with Gasteiger partial charge in [0.05, 0.1) is 6.61 Å². The lowest BCUT2D eigenvalue weighted by molar-refractivity contribution is 0.285. The normalized spacial score (nSPS) is 11.7. The van der Waals surface area contributed by atoms with Crippen LogP contribution >= 0.6 is 27.3 Å². The van der Waals surface area contributed by atoms with Crippen molar-refractivity contribution in [3.63, 3.8) is 0 Å². The Bertz CT molecular complexity index is 650. The number of benzene rings is 1. The maximum Gasteiger partial charge on any atom is 0.250 e. The lowest BCUT2D eigenvalue weighted by atomic mass is 10.2. The van der Waals surface area contributed by atoms with E-state index in [4.69, 9.17) is 5.11 Å². The zero-order chi connectivity index (χ0) is 13.9. The molecule has 102 valence electrons. The van der Waals surface area contributed by atoms with Crippen LogP contribution in [0.3, 0.4) is 0 Å². The average molecular weight is 362 g/mol. The highest BCUT2D eigenvalue weighted by Crippen LogP contribution is 2.21. The average Bonchev–Trinajstić information content (AvgIpc) is 2.88. The largest absolute Gasteiger partial charge is 0.391 e. The van der Waals surface area contributed by atoms with E-state index in [0.717, 1.165) is 21.4 Å². The topological polar surface area (TPSA) is 66.4 Å². The quantitative estimate of drug-likeness (QED) is 0.859. The van der Waals surface area contributed by atoms with Crippen molar-refractivity contribution in [3.05, 3.63) is 51.3 Å². The number of nitrogens with one attached hydrogen (secondary N) is 1. The van der Waals surface area contributed by atoms with Gasteiger partial charge in [0.1, 0.15) is 4.21 Å². The van der Waals surface area contributed by atoms with E-state index in [9.17, 15) is 8.42 Å². The molecule has 0 aliphatic carbocycles. The molecule has 1 aromatic carbocycles. The first-order chi connectivity index (χ1) is 9.01. The third-order valence-electron chi connectivity index (χ3n) is 2.44. The Kier molecular flexibility index (Phi) is 4.75. The Morgan fingerprint density at radius 2 is 1.84 bits per heavy atom. The predicted molar refractivity (Wildman–Crippen MR) is 78.4 cm³/mol. The molecule has 19 heavy (non-hydrogen) atoms. The molecule has 0 aliphatic heterocycles. The molecule has 7 heteroatoms. The summed E-state index contributed by atoms with van der Waals surface area (Å²) in [6, 6.07) is 10.5. The van der Waals surface area contributed by atoms with Crippen LogP contribution in [0, 0.1) is 0 Å². The van der Waals surface area contributed by atoms with Crippen molar-refractivity contribution in [2.75, 3.05) is 0 Å². The van der Waals surface area contributed by atoms with E-state index in [2.05, 4.69) is 20.7 Å². The summed E-state index contributed by atoms with van der Waals surface area (Å²) in [6.45, 7) is 0.0921. The molecule has 0 saturated heterocycles. The van der Waals surface area contributed by atoms with E-state index < -0.39 is 10.0 Å². The summed E-state index contributed by atoms with van der Waals surface area (Å²) in [5.41, 5.74) is 0.880. The first-order valence-electron chi connectivity index (χ1n) is 5.45. The zero-order valence-corrected chi connectivity index (χ0v) is 13.1. The predicted octanol–water partition coefficient (Wildman–Crippen LogP) is 2.48. The van der Waals surface area contributed by atoms with Gasteiger partial charge < -0.3 is 5.11 Å². The molecule has 0 unspecified atom stereocenters. The molecule has 0 amide bonds. The van der Waals surface area contributed by atoms with Gasteiger partial charge in [0.25, 0.3) is 0 Å². The van der Waals surface area contributed by atoms with Crippen LogP contribution in [0.5, 0.6) is 0 Å². The fourth-order valence-electron chi connectivity index (χ4n) is 1.44. The molecule has 4 nitrogen and oxygen atoms in total. The summed E-state index contributed by atoms with van der Waals surface area (Å²) in [7, 11) is -3.51. The van der Waals surface area contributed by atoms with E-state index in [-0.39, 0.29) is 17.4 Å². The van der Waals surface area contributed by atoms with Crippen LogP contribution in [0.4, 0.5) is 0 Å². The summed E-state index contributed by atoms with van der Waals surface area (Å²) in [4.78, 5) is 0.629. The lowest BCUT2D eigenvalue weighted by Crippen LogP contribution is -2.22. The molecule has 0 fully saturated rings. The molecule has 1 aromatic heterocycles. The molecule has 2 N–H and O–H groups in total. The molecule has 0 saturated carbocycles. The molecular weight excluding hydrogens is 350 g/mol. The minimum atomic E-state index is -3.51. The highest BCUT2D eigenvalue weighted by molar-refractivity contribution is 9.10. The van der Waals surface area contributed by atoms with Gasteiger partial charge in [0, 0.05) is 15.9 Å². The van der Waals surface area contributed by atoms with Gasteiger partial charge in [-0.2, -0.15) is 0 Å². The fourth-order valence-corrected chi connectivity index (χ4v) is 3.98. The summed E-state index contributed by atoms with van der Waals surface area (Å²) < 4.78 is 27.7. The van der Waals surface area contributed by atoms with E-state index >= 15 is 0 Å². The van der Waals surface area contributed by atoms with Crippen molar-refractivity contribution < 1.29 is 13.5 Å². The third kappa shape index (κ3) is 3.87. The van der Waals surface area contributed by atoms with Gasteiger partial charge in [0.2, 0.25) is 10.0 Å². The summed E-state index contributed by atoms with van der Waals surface area (Å²) in [5, 5.41) is 8.94. The summed E-state index contributed by atoms with van der Waals surface area (Å²) in [6.07, 6.45) is 0. The number of hydrogen-bond acceptors (Lipinski definition) is 4. The minimum Gasteiger partial charge on any atom is -0.391 e. The Balaban J connectivity index is 2.07. The molecule has 1 heterocycles.